The summed E-state index contributed by atoms with van der Waals surface area (Å²) in [7, 11) is 0. The molecule has 0 radical (unpaired) electrons. The molecule has 0 fully saturated rings. The first-order valence-electron chi connectivity index (χ1n) is 6.46. The molecule has 0 saturated heterocycles. The number of nitrogens with zero attached hydrogens (tertiary/aromatic N) is 4. The molecule has 2 aromatic rings. The van der Waals surface area contributed by atoms with Crippen LogP contribution in [0.4, 0.5) is 11.6 Å². The van der Waals surface area contributed by atoms with Crippen molar-refractivity contribution in [2.24, 2.45) is 0 Å². The lowest BCUT2D eigenvalue weighted by Gasteiger charge is -2.26. The van der Waals surface area contributed by atoms with E-state index in [2.05, 4.69) is 19.9 Å². The van der Waals surface area contributed by atoms with Crippen LogP contribution in [0.5, 0.6) is 0 Å². The van der Waals surface area contributed by atoms with E-state index >= 15 is 0 Å². The van der Waals surface area contributed by atoms with Crippen molar-refractivity contribution in [3.8, 4) is 0 Å². The summed E-state index contributed by atoms with van der Waals surface area (Å²) < 4.78 is 0. The summed E-state index contributed by atoms with van der Waals surface area (Å²) >= 11 is 0. The largest absolute Gasteiger partial charge is 0.480 e. The molecule has 118 valence electrons. The fourth-order valence-electron chi connectivity index (χ4n) is 1.98. The molecule has 0 aliphatic heterocycles. The van der Waals surface area contributed by atoms with Crippen molar-refractivity contribution >= 4 is 23.6 Å². The standard InChI is InChI=1S/C12H16N6O4/c19-11(20)5-17(9-3-13-7-15-9)1-2-18(6-12(21)22)10-4-14-8-16-10/h3-4,7-8H,1-2,5-6H2,(H,13,15)(H,14,16)(H,19,20)(H,21,22). The van der Waals surface area contributed by atoms with Gasteiger partial charge in [0.1, 0.15) is 24.7 Å². The van der Waals surface area contributed by atoms with E-state index in [1.54, 1.807) is 9.80 Å². The number of rotatable bonds is 9. The molecule has 2 aromatic heterocycles. The maximum Gasteiger partial charge on any atom is 0.323 e. The van der Waals surface area contributed by atoms with Crippen molar-refractivity contribution in [1.82, 2.24) is 19.9 Å². The number of anilines is 2. The van der Waals surface area contributed by atoms with Crippen LogP contribution in [0.2, 0.25) is 0 Å². The summed E-state index contributed by atoms with van der Waals surface area (Å²) in [4.78, 5) is 38.5. The molecule has 0 aromatic carbocycles. The maximum absolute atomic E-state index is 11.0. The number of aromatic nitrogens is 4. The molecular formula is C12H16N6O4. The van der Waals surface area contributed by atoms with Crippen molar-refractivity contribution in [1.29, 1.82) is 0 Å². The molecule has 0 amide bonds. The minimum absolute atomic E-state index is 0.216. The topological polar surface area (TPSA) is 138 Å². The molecule has 0 spiro atoms. The average Bonchev–Trinajstić information content (AvgIpc) is 3.12. The number of carbonyl (C=O) groups is 2. The van der Waals surface area contributed by atoms with Gasteiger partial charge in [-0.25, -0.2) is 9.97 Å². The van der Waals surface area contributed by atoms with Crippen LogP contribution in [0.25, 0.3) is 0 Å². The summed E-state index contributed by atoms with van der Waals surface area (Å²) in [5.74, 6) is -0.855. The lowest BCUT2D eigenvalue weighted by atomic mass is 10.4. The number of H-pyrrole nitrogens is 2. The molecule has 10 nitrogen and oxygen atoms in total. The number of hydrogen-bond acceptors (Lipinski definition) is 6. The Morgan fingerprint density at radius 2 is 1.32 bits per heavy atom. The van der Waals surface area contributed by atoms with E-state index < -0.39 is 11.9 Å². The third kappa shape index (κ3) is 4.23. The van der Waals surface area contributed by atoms with Gasteiger partial charge in [0.15, 0.2) is 0 Å². The van der Waals surface area contributed by atoms with Crippen LogP contribution in [-0.4, -0.2) is 68.3 Å². The Hall–Kier alpha value is -3.04. The van der Waals surface area contributed by atoms with E-state index in [0.29, 0.717) is 24.7 Å². The van der Waals surface area contributed by atoms with E-state index in [1.165, 1.54) is 25.0 Å². The predicted molar refractivity (Wildman–Crippen MR) is 76.9 cm³/mol. The number of aromatic amines is 2. The van der Waals surface area contributed by atoms with Crippen molar-refractivity contribution < 1.29 is 19.8 Å². The SMILES string of the molecule is O=C(O)CN(CCN(CC(=O)O)c1cnc[nH]1)c1cnc[nH]1. The van der Waals surface area contributed by atoms with Crippen LogP contribution in [-0.2, 0) is 9.59 Å². The Labute approximate surface area is 125 Å². The monoisotopic (exact) mass is 308 g/mol. The lowest BCUT2D eigenvalue weighted by molar-refractivity contribution is -0.136. The summed E-state index contributed by atoms with van der Waals surface area (Å²) in [6.45, 7) is 0.180. The Morgan fingerprint density at radius 3 is 1.59 bits per heavy atom. The van der Waals surface area contributed by atoms with Gasteiger partial charge < -0.3 is 30.0 Å². The second-order valence-electron chi connectivity index (χ2n) is 4.50. The summed E-state index contributed by atoms with van der Waals surface area (Å²) in [5.41, 5.74) is 0. The highest BCUT2D eigenvalue weighted by atomic mass is 16.4. The lowest BCUT2D eigenvalue weighted by Crippen LogP contribution is -2.40. The van der Waals surface area contributed by atoms with Crippen LogP contribution in [0.3, 0.4) is 0 Å². The molecule has 0 unspecified atom stereocenters. The van der Waals surface area contributed by atoms with Crippen LogP contribution in [0, 0.1) is 0 Å². The molecule has 0 atom stereocenters. The summed E-state index contributed by atoms with van der Waals surface area (Å²) in [6.07, 6.45) is 5.93. The maximum atomic E-state index is 11.0. The van der Waals surface area contributed by atoms with Gasteiger partial charge in [0, 0.05) is 13.1 Å². The molecule has 0 bridgehead atoms. The smallest absolute Gasteiger partial charge is 0.323 e. The van der Waals surface area contributed by atoms with Gasteiger partial charge in [-0.15, -0.1) is 0 Å². The van der Waals surface area contributed by atoms with Gasteiger partial charge in [0.05, 0.1) is 25.0 Å². The van der Waals surface area contributed by atoms with Gasteiger partial charge in [0.2, 0.25) is 0 Å². The van der Waals surface area contributed by atoms with Gasteiger partial charge >= 0.3 is 11.9 Å². The van der Waals surface area contributed by atoms with Crippen LogP contribution in [0.15, 0.2) is 25.0 Å². The van der Waals surface area contributed by atoms with Crippen molar-refractivity contribution in [3.05, 3.63) is 25.0 Å². The van der Waals surface area contributed by atoms with E-state index in [4.69, 9.17) is 10.2 Å². The van der Waals surface area contributed by atoms with E-state index in [-0.39, 0.29) is 13.1 Å². The quantitative estimate of drug-likeness (QED) is 0.491. The number of carboxylic acid groups (broad SMARTS) is 2. The first-order chi connectivity index (χ1) is 10.6. The first-order valence-corrected chi connectivity index (χ1v) is 6.46. The van der Waals surface area contributed by atoms with Gasteiger partial charge in [-0.1, -0.05) is 0 Å². The summed E-state index contributed by atoms with van der Waals surface area (Å²) in [6, 6.07) is 0. The molecule has 0 aliphatic rings. The zero-order chi connectivity index (χ0) is 15.9. The zero-order valence-electron chi connectivity index (χ0n) is 11.6. The molecule has 0 saturated carbocycles. The van der Waals surface area contributed by atoms with Gasteiger partial charge in [-0.3, -0.25) is 9.59 Å². The fourth-order valence-corrected chi connectivity index (χ4v) is 1.98. The Morgan fingerprint density at radius 1 is 0.909 bits per heavy atom. The molecule has 10 heteroatoms. The fraction of sp³-hybridized carbons (Fsp3) is 0.333. The number of imidazole rings is 2. The first kappa shape index (κ1) is 15.4. The van der Waals surface area contributed by atoms with Gasteiger partial charge in [-0.05, 0) is 0 Å². The molecule has 22 heavy (non-hydrogen) atoms. The second-order valence-corrected chi connectivity index (χ2v) is 4.50. The highest BCUT2D eigenvalue weighted by Gasteiger charge is 2.16. The van der Waals surface area contributed by atoms with Gasteiger partial charge in [0.25, 0.3) is 0 Å². The second kappa shape index (κ2) is 7.11. The number of carboxylic acids is 2. The van der Waals surface area contributed by atoms with Crippen molar-refractivity contribution in [2.45, 2.75) is 0 Å². The van der Waals surface area contributed by atoms with Gasteiger partial charge in [-0.2, -0.15) is 0 Å². The number of nitrogens with one attached hydrogen (secondary N) is 2. The van der Waals surface area contributed by atoms with Crippen molar-refractivity contribution in [2.75, 3.05) is 36.0 Å². The van der Waals surface area contributed by atoms with Crippen LogP contribution in [0.1, 0.15) is 0 Å². The normalized spacial score (nSPS) is 10.4. The highest BCUT2D eigenvalue weighted by Crippen LogP contribution is 2.11. The molecule has 2 heterocycles. The Balaban J connectivity index is 2.05. The average molecular weight is 308 g/mol. The summed E-state index contributed by atoms with van der Waals surface area (Å²) in [5, 5.41) is 18.0. The number of aliphatic carboxylic acids is 2. The van der Waals surface area contributed by atoms with E-state index in [1.807, 2.05) is 0 Å². The predicted octanol–water partition coefficient (Wildman–Crippen LogP) is -0.385. The minimum Gasteiger partial charge on any atom is -0.480 e. The minimum atomic E-state index is -0.985. The van der Waals surface area contributed by atoms with E-state index in [9.17, 15) is 9.59 Å². The van der Waals surface area contributed by atoms with Crippen LogP contribution < -0.4 is 9.80 Å². The molecule has 4 N–H and O–H groups in total. The molecule has 0 aliphatic carbocycles. The van der Waals surface area contributed by atoms with E-state index in [0.717, 1.165) is 0 Å². The molecule has 2 rings (SSSR count). The number of hydrogen-bond donors (Lipinski definition) is 4. The third-order valence-electron chi connectivity index (χ3n) is 2.94. The third-order valence-corrected chi connectivity index (χ3v) is 2.94. The molecular weight excluding hydrogens is 292 g/mol. The highest BCUT2D eigenvalue weighted by molar-refractivity contribution is 5.74. The zero-order valence-corrected chi connectivity index (χ0v) is 11.6. The van der Waals surface area contributed by atoms with Crippen molar-refractivity contribution in [3.63, 3.8) is 0 Å². The van der Waals surface area contributed by atoms with Crippen LogP contribution >= 0.6 is 0 Å². The Kier molecular flexibility index (Phi) is 4.96. The Bertz CT molecular complexity index is 543.